The van der Waals surface area contributed by atoms with Crippen LogP contribution in [0.1, 0.15) is 46.7 Å². The molecule has 2 saturated heterocycles. The molecule has 3 heterocycles. The number of benzene rings is 2. The van der Waals surface area contributed by atoms with Crippen molar-refractivity contribution >= 4 is 11.8 Å². The van der Waals surface area contributed by atoms with E-state index >= 15 is 0 Å². The molecule has 2 atom stereocenters. The number of fused-ring (bicyclic) bond motifs is 2. The summed E-state index contributed by atoms with van der Waals surface area (Å²) in [7, 11) is 0. The topological polar surface area (TPSA) is 49.9 Å². The Hall–Kier alpha value is -2.66. The van der Waals surface area contributed by atoms with Crippen LogP contribution in [-0.4, -0.2) is 47.9 Å². The molecule has 28 heavy (non-hydrogen) atoms. The van der Waals surface area contributed by atoms with Crippen molar-refractivity contribution in [2.75, 3.05) is 26.2 Å². The molecule has 5 rings (SSSR count). The second-order valence-electron chi connectivity index (χ2n) is 7.77. The summed E-state index contributed by atoms with van der Waals surface area (Å²) in [6, 6.07) is 17.3. The lowest BCUT2D eigenvalue weighted by molar-refractivity contribution is -0.153. The Balaban J connectivity index is 1.72. The first-order chi connectivity index (χ1) is 13.7. The molecule has 0 unspecified atom stereocenters. The average molecular weight is 376 g/mol. The number of hydrogen-bond donors (Lipinski definition) is 0. The summed E-state index contributed by atoms with van der Waals surface area (Å²) in [6.45, 7) is 2.47. The summed E-state index contributed by atoms with van der Waals surface area (Å²) in [5.41, 5.74) is 1.20. The predicted octanol–water partition coefficient (Wildman–Crippen LogP) is 3.12. The molecule has 5 heteroatoms. The van der Waals surface area contributed by atoms with Crippen molar-refractivity contribution in [3.63, 3.8) is 0 Å². The smallest absolute Gasteiger partial charge is 0.256 e. The first-order valence-corrected chi connectivity index (χ1v) is 10.1. The quantitative estimate of drug-likeness (QED) is 0.809. The van der Waals surface area contributed by atoms with Crippen LogP contribution in [0, 0.1) is 0 Å². The summed E-state index contributed by atoms with van der Waals surface area (Å²) < 4.78 is 6.34. The van der Waals surface area contributed by atoms with E-state index in [1.54, 1.807) is 4.90 Å². The van der Waals surface area contributed by atoms with Gasteiger partial charge in [0.25, 0.3) is 5.91 Å². The maximum atomic E-state index is 13.9. The molecule has 3 aliphatic rings. The molecule has 2 amide bonds. The van der Waals surface area contributed by atoms with E-state index < -0.39 is 11.6 Å². The number of likely N-dealkylation sites (tertiary alicyclic amines) is 1. The van der Waals surface area contributed by atoms with Crippen molar-refractivity contribution in [2.45, 2.75) is 30.9 Å². The van der Waals surface area contributed by atoms with E-state index in [9.17, 15) is 9.59 Å². The highest BCUT2D eigenvalue weighted by atomic mass is 16.5. The Morgan fingerprint density at radius 2 is 1.64 bits per heavy atom. The minimum Gasteiger partial charge on any atom is -0.348 e. The highest BCUT2D eigenvalue weighted by molar-refractivity contribution is 6.02. The summed E-state index contributed by atoms with van der Waals surface area (Å²) in [5.74, 6) is -0.542. The Labute approximate surface area is 164 Å². The van der Waals surface area contributed by atoms with E-state index in [4.69, 9.17) is 4.74 Å². The van der Waals surface area contributed by atoms with Crippen molar-refractivity contribution < 1.29 is 14.3 Å². The zero-order valence-corrected chi connectivity index (χ0v) is 15.8. The van der Waals surface area contributed by atoms with E-state index in [0.29, 0.717) is 18.7 Å². The fraction of sp³-hybridized carbons (Fsp3) is 0.391. The maximum Gasteiger partial charge on any atom is 0.256 e. The molecular weight excluding hydrogens is 352 g/mol. The zero-order chi connectivity index (χ0) is 19.1. The molecule has 2 fully saturated rings. The van der Waals surface area contributed by atoms with Gasteiger partial charge in [0.15, 0.2) is 5.72 Å². The first kappa shape index (κ1) is 17.4. The highest BCUT2D eigenvalue weighted by Gasteiger charge is 2.60. The second-order valence-corrected chi connectivity index (χ2v) is 7.77. The fourth-order valence-electron chi connectivity index (χ4n) is 5.01. The van der Waals surface area contributed by atoms with Gasteiger partial charge in [0.1, 0.15) is 5.92 Å². The fourth-order valence-corrected chi connectivity index (χ4v) is 5.01. The lowest BCUT2D eigenvalue weighted by atomic mass is 9.76. The molecule has 0 bridgehead atoms. The second kappa shape index (κ2) is 6.74. The molecule has 2 aromatic carbocycles. The predicted molar refractivity (Wildman–Crippen MR) is 105 cm³/mol. The van der Waals surface area contributed by atoms with Gasteiger partial charge in [-0.3, -0.25) is 9.59 Å². The van der Waals surface area contributed by atoms with E-state index in [2.05, 4.69) is 0 Å². The van der Waals surface area contributed by atoms with Gasteiger partial charge in [0.05, 0.1) is 6.61 Å². The van der Waals surface area contributed by atoms with Gasteiger partial charge in [0, 0.05) is 30.8 Å². The normalized spacial score (nSPS) is 26.7. The number of nitrogens with zero attached hydrogens (tertiary/aromatic N) is 2. The molecule has 3 aliphatic heterocycles. The first-order valence-electron chi connectivity index (χ1n) is 10.1. The van der Waals surface area contributed by atoms with Crippen LogP contribution >= 0.6 is 0 Å². The van der Waals surface area contributed by atoms with Gasteiger partial charge in [-0.05, 0) is 30.9 Å². The molecular formula is C23H24N2O3. The van der Waals surface area contributed by atoms with Gasteiger partial charge in [-0.25, -0.2) is 0 Å². The molecule has 0 saturated carbocycles. The largest absolute Gasteiger partial charge is 0.348 e. The molecule has 0 radical (unpaired) electrons. The molecule has 144 valence electrons. The number of hydrogen-bond acceptors (Lipinski definition) is 3. The molecule has 0 spiro atoms. The van der Waals surface area contributed by atoms with Crippen molar-refractivity contribution in [1.82, 2.24) is 9.80 Å². The lowest BCUT2D eigenvalue weighted by Crippen LogP contribution is -2.58. The SMILES string of the molecule is O=C([C@@H]1c2ccccc2C(=O)N2CCO[C@]12c1ccccc1)N1CCCCC1. The van der Waals surface area contributed by atoms with E-state index in [1.807, 2.05) is 59.5 Å². The molecule has 0 aromatic heterocycles. The van der Waals surface area contributed by atoms with Crippen LogP contribution in [0.5, 0.6) is 0 Å². The van der Waals surface area contributed by atoms with Crippen LogP contribution in [0.3, 0.4) is 0 Å². The molecule has 0 aliphatic carbocycles. The number of ether oxygens (including phenoxy) is 1. The van der Waals surface area contributed by atoms with Gasteiger partial charge in [-0.2, -0.15) is 0 Å². The summed E-state index contributed by atoms with van der Waals surface area (Å²) >= 11 is 0. The zero-order valence-electron chi connectivity index (χ0n) is 15.8. The van der Waals surface area contributed by atoms with Crippen molar-refractivity contribution in [1.29, 1.82) is 0 Å². The van der Waals surface area contributed by atoms with Crippen LogP contribution in [0.25, 0.3) is 0 Å². The van der Waals surface area contributed by atoms with Crippen LogP contribution in [0.2, 0.25) is 0 Å². The number of carbonyl (C=O) groups is 2. The van der Waals surface area contributed by atoms with Gasteiger partial charge < -0.3 is 14.5 Å². The van der Waals surface area contributed by atoms with Crippen LogP contribution < -0.4 is 0 Å². The third-order valence-corrected chi connectivity index (χ3v) is 6.28. The van der Waals surface area contributed by atoms with Gasteiger partial charge >= 0.3 is 0 Å². The Bertz CT molecular complexity index is 907. The van der Waals surface area contributed by atoms with Gasteiger partial charge in [0.2, 0.25) is 5.91 Å². The summed E-state index contributed by atoms with van der Waals surface area (Å²) in [5, 5.41) is 0. The van der Waals surface area contributed by atoms with Crippen LogP contribution in [0.15, 0.2) is 54.6 Å². The van der Waals surface area contributed by atoms with Crippen LogP contribution in [0.4, 0.5) is 0 Å². The highest BCUT2D eigenvalue weighted by Crippen LogP contribution is 2.51. The molecule has 5 nitrogen and oxygen atoms in total. The number of rotatable bonds is 2. The van der Waals surface area contributed by atoms with Crippen LogP contribution in [-0.2, 0) is 15.3 Å². The number of piperidine rings is 1. The Morgan fingerprint density at radius 3 is 2.43 bits per heavy atom. The lowest BCUT2D eigenvalue weighted by Gasteiger charge is -2.48. The van der Waals surface area contributed by atoms with Crippen molar-refractivity contribution in [3.05, 3.63) is 71.3 Å². The van der Waals surface area contributed by atoms with Crippen molar-refractivity contribution in [3.8, 4) is 0 Å². The molecule has 0 N–H and O–H groups in total. The van der Waals surface area contributed by atoms with Gasteiger partial charge in [-0.15, -0.1) is 0 Å². The molecule has 2 aromatic rings. The standard InChI is InChI=1S/C23H24N2O3/c26-21-19-12-6-5-11-18(19)20(22(27)24-13-7-2-8-14-24)23(25(21)15-16-28-23)17-9-3-1-4-10-17/h1,3-6,9-12,20H,2,7-8,13-16H2/t20-,23+/m0/s1. The minimum absolute atomic E-state index is 0.0559. The minimum atomic E-state index is -1.07. The monoisotopic (exact) mass is 376 g/mol. The average Bonchev–Trinajstić information content (AvgIpc) is 3.21. The van der Waals surface area contributed by atoms with Gasteiger partial charge in [-0.1, -0.05) is 48.5 Å². The maximum absolute atomic E-state index is 13.9. The van der Waals surface area contributed by atoms with E-state index in [0.717, 1.165) is 43.5 Å². The van der Waals surface area contributed by atoms with E-state index in [1.165, 1.54) is 0 Å². The number of carbonyl (C=O) groups excluding carboxylic acids is 2. The summed E-state index contributed by atoms with van der Waals surface area (Å²) in [4.78, 5) is 30.9. The summed E-state index contributed by atoms with van der Waals surface area (Å²) in [6.07, 6.45) is 3.22. The third-order valence-electron chi connectivity index (χ3n) is 6.28. The number of amides is 2. The Morgan fingerprint density at radius 1 is 0.929 bits per heavy atom. The Kier molecular flexibility index (Phi) is 4.20. The van der Waals surface area contributed by atoms with Crippen molar-refractivity contribution in [2.24, 2.45) is 0 Å². The third kappa shape index (κ3) is 2.42. The van der Waals surface area contributed by atoms with E-state index in [-0.39, 0.29) is 11.8 Å².